The molecule has 0 spiro atoms. The van der Waals surface area contributed by atoms with E-state index in [-0.39, 0.29) is 21.8 Å². The van der Waals surface area contributed by atoms with E-state index in [0.717, 1.165) is 9.13 Å². The second kappa shape index (κ2) is 8.62. The standard InChI is InChI=1S/C18H16IN3O4S2/c1-11-3-8-16(26-28(24,25)15-6-4-14(19)5-7-15)13(9-11)10-20-22-18-21-17(23)12(2)27-18/h3-10,12H,1-2H3,(H,21,22,23)/b20-10+. The Hall–Kier alpha value is -1.92. The van der Waals surface area contributed by atoms with E-state index < -0.39 is 10.1 Å². The first-order valence-electron chi connectivity index (χ1n) is 8.14. The molecule has 7 nitrogen and oxygen atoms in total. The van der Waals surface area contributed by atoms with Gasteiger partial charge < -0.3 is 9.50 Å². The molecule has 0 aliphatic carbocycles. The molecule has 0 bridgehead atoms. The van der Waals surface area contributed by atoms with Gasteiger partial charge in [0, 0.05) is 9.13 Å². The van der Waals surface area contributed by atoms with Crippen molar-refractivity contribution >= 4 is 61.8 Å². The molecule has 1 N–H and O–H groups in total. The maximum absolute atomic E-state index is 12.6. The summed E-state index contributed by atoms with van der Waals surface area (Å²) in [6.45, 7) is 3.64. The quantitative estimate of drug-likeness (QED) is 0.278. The highest BCUT2D eigenvalue weighted by atomic mass is 127. The van der Waals surface area contributed by atoms with Crippen LogP contribution >= 0.6 is 34.4 Å². The molecule has 0 radical (unpaired) electrons. The molecule has 0 saturated carbocycles. The van der Waals surface area contributed by atoms with Crippen LogP contribution in [-0.2, 0) is 14.9 Å². The number of rotatable bonds is 5. The molecule has 1 heterocycles. The number of hydrogen-bond donors (Lipinski definition) is 1. The average molecular weight is 529 g/mol. The zero-order chi connectivity index (χ0) is 20.3. The molecule has 1 atom stereocenters. The van der Waals surface area contributed by atoms with Crippen molar-refractivity contribution in [2.24, 2.45) is 10.2 Å². The molecule has 1 aliphatic rings. The molecular weight excluding hydrogens is 513 g/mol. The summed E-state index contributed by atoms with van der Waals surface area (Å²) in [5, 5.41) is 10.7. The lowest BCUT2D eigenvalue weighted by Gasteiger charge is -2.10. The van der Waals surface area contributed by atoms with Crippen LogP contribution in [0.4, 0.5) is 0 Å². The average Bonchev–Trinajstić information content (AvgIpc) is 2.95. The van der Waals surface area contributed by atoms with E-state index >= 15 is 0 Å². The summed E-state index contributed by atoms with van der Waals surface area (Å²) in [5.41, 5.74) is 1.37. The Morgan fingerprint density at radius 1 is 1.21 bits per heavy atom. The Kier molecular flexibility index (Phi) is 6.40. The van der Waals surface area contributed by atoms with Crippen LogP contribution in [0.25, 0.3) is 0 Å². The number of halogens is 1. The van der Waals surface area contributed by atoms with Gasteiger partial charge in [-0.25, -0.2) is 0 Å². The van der Waals surface area contributed by atoms with E-state index in [1.165, 1.54) is 30.1 Å². The summed E-state index contributed by atoms with van der Waals surface area (Å²) >= 11 is 3.37. The van der Waals surface area contributed by atoms with Gasteiger partial charge in [-0.3, -0.25) is 4.79 Å². The van der Waals surface area contributed by atoms with Gasteiger partial charge in [0.2, 0.25) is 5.91 Å². The maximum atomic E-state index is 12.6. The zero-order valence-electron chi connectivity index (χ0n) is 14.9. The molecule has 1 amide bonds. The maximum Gasteiger partial charge on any atom is 0.339 e. The Labute approximate surface area is 180 Å². The third-order valence-electron chi connectivity index (χ3n) is 3.70. The fourth-order valence-electron chi connectivity index (χ4n) is 2.26. The largest absolute Gasteiger partial charge is 0.378 e. The topological polar surface area (TPSA) is 97.2 Å². The number of aryl methyl sites for hydroxylation is 1. The van der Waals surface area contributed by atoms with Crippen molar-refractivity contribution in [1.29, 1.82) is 0 Å². The minimum absolute atomic E-state index is 0.0654. The first kappa shape index (κ1) is 20.8. The van der Waals surface area contributed by atoms with Crippen LogP contribution in [0, 0.1) is 10.5 Å². The number of hydrogen-bond acceptors (Lipinski definition) is 7. The van der Waals surface area contributed by atoms with Crippen molar-refractivity contribution in [3.63, 3.8) is 0 Å². The SMILES string of the molecule is Cc1ccc(OS(=O)(=O)c2ccc(I)cc2)c(/C=N/N=C2\NC(=O)C(C)S2)c1. The van der Waals surface area contributed by atoms with Gasteiger partial charge in [-0.05, 0) is 72.8 Å². The number of benzene rings is 2. The van der Waals surface area contributed by atoms with Gasteiger partial charge in [-0.15, -0.1) is 5.10 Å². The lowest BCUT2D eigenvalue weighted by Crippen LogP contribution is -2.23. The lowest BCUT2D eigenvalue weighted by molar-refractivity contribution is -0.118. The summed E-state index contributed by atoms with van der Waals surface area (Å²) in [7, 11) is -3.98. The van der Waals surface area contributed by atoms with Gasteiger partial charge in [-0.1, -0.05) is 23.4 Å². The highest BCUT2D eigenvalue weighted by Crippen LogP contribution is 2.24. The first-order chi connectivity index (χ1) is 13.2. The Morgan fingerprint density at radius 2 is 1.93 bits per heavy atom. The molecule has 3 rings (SSSR count). The monoisotopic (exact) mass is 529 g/mol. The highest BCUT2D eigenvalue weighted by Gasteiger charge is 2.25. The summed E-state index contributed by atoms with van der Waals surface area (Å²) < 4.78 is 31.4. The minimum atomic E-state index is -3.98. The fourth-order valence-corrected chi connectivity index (χ4v) is 4.33. The number of carbonyl (C=O) groups is 1. The number of thioether (sulfide) groups is 1. The molecular formula is C18H16IN3O4S2. The predicted molar refractivity (Wildman–Crippen MR) is 118 cm³/mol. The Bertz CT molecular complexity index is 1070. The smallest absolute Gasteiger partial charge is 0.339 e. The van der Waals surface area contributed by atoms with Crippen LogP contribution < -0.4 is 9.50 Å². The molecule has 28 heavy (non-hydrogen) atoms. The first-order valence-corrected chi connectivity index (χ1v) is 11.5. The number of carbonyl (C=O) groups excluding carboxylic acids is 1. The molecule has 1 aliphatic heterocycles. The van der Waals surface area contributed by atoms with Crippen LogP contribution in [-0.4, -0.2) is 31.0 Å². The van der Waals surface area contributed by atoms with Gasteiger partial charge in [0.05, 0.1) is 11.5 Å². The second-order valence-corrected chi connectivity index (χ2v) is 10.1. The van der Waals surface area contributed by atoms with Crippen molar-refractivity contribution in [2.45, 2.75) is 24.0 Å². The normalized spacial score (nSPS) is 18.6. The van der Waals surface area contributed by atoms with Crippen LogP contribution in [0.1, 0.15) is 18.1 Å². The Morgan fingerprint density at radius 3 is 2.57 bits per heavy atom. The fraction of sp³-hybridized carbons (Fsp3) is 0.167. The number of nitrogens with one attached hydrogen (secondary N) is 1. The van der Waals surface area contributed by atoms with E-state index in [0.29, 0.717) is 10.7 Å². The highest BCUT2D eigenvalue weighted by molar-refractivity contribution is 14.1. The van der Waals surface area contributed by atoms with Crippen molar-refractivity contribution in [3.8, 4) is 5.75 Å². The van der Waals surface area contributed by atoms with Crippen LogP contribution in [0.3, 0.4) is 0 Å². The third kappa shape index (κ3) is 5.11. The summed E-state index contributed by atoms with van der Waals surface area (Å²) in [5.74, 6) is 0.0201. The van der Waals surface area contributed by atoms with E-state index in [9.17, 15) is 13.2 Å². The van der Waals surface area contributed by atoms with E-state index in [1.54, 1.807) is 37.3 Å². The molecule has 146 valence electrons. The molecule has 1 fully saturated rings. The van der Waals surface area contributed by atoms with Crippen LogP contribution in [0.5, 0.6) is 5.75 Å². The van der Waals surface area contributed by atoms with Gasteiger partial charge >= 0.3 is 10.1 Å². The second-order valence-electron chi connectivity index (χ2n) is 5.93. The molecule has 2 aromatic carbocycles. The summed E-state index contributed by atoms with van der Waals surface area (Å²) in [6, 6.07) is 11.4. The lowest BCUT2D eigenvalue weighted by atomic mass is 10.1. The van der Waals surface area contributed by atoms with Gasteiger partial charge in [0.25, 0.3) is 0 Å². The van der Waals surface area contributed by atoms with Crippen LogP contribution in [0.15, 0.2) is 57.6 Å². The van der Waals surface area contributed by atoms with Gasteiger partial charge in [-0.2, -0.15) is 13.5 Å². The van der Waals surface area contributed by atoms with Crippen molar-refractivity contribution in [3.05, 3.63) is 57.2 Å². The molecule has 10 heteroatoms. The van der Waals surface area contributed by atoms with E-state index in [2.05, 4.69) is 38.1 Å². The molecule has 1 saturated heterocycles. The third-order valence-corrected chi connectivity index (χ3v) is 6.64. The summed E-state index contributed by atoms with van der Waals surface area (Å²) in [4.78, 5) is 11.5. The zero-order valence-corrected chi connectivity index (χ0v) is 18.7. The van der Waals surface area contributed by atoms with Crippen molar-refractivity contribution in [2.75, 3.05) is 0 Å². The molecule has 2 aromatic rings. The van der Waals surface area contributed by atoms with Gasteiger partial charge in [0.1, 0.15) is 4.90 Å². The minimum Gasteiger partial charge on any atom is -0.378 e. The van der Waals surface area contributed by atoms with Gasteiger partial charge in [0.15, 0.2) is 10.9 Å². The van der Waals surface area contributed by atoms with Crippen molar-refractivity contribution in [1.82, 2.24) is 5.32 Å². The van der Waals surface area contributed by atoms with Crippen molar-refractivity contribution < 1.29 is 17.4 Å². The van der Waals surface area contributed by atoms with Crippen LogP contribution in [0.2, 0.25) is 0 Å². The number of amidine groups is 1. The Balaban J connectivity index is 1.85. The number of amides is 1. The van der Waals surface area contributed by atoms with E-state index in [1.807, 2.05) is 6.92 Å². The summed E-state index contributed by atoms with van der Waals surface area (Å²) in [6.07, 6.45) is 1.40. The molecule has 0 aromatic heterocycles. The predicted octanol–water partition coefficient (Wildman–Crippen LogP) is 3.31. The number of nitrogens with zero attached hydrogens (tertiary/aromatic N) is 2. The molecule has 1 unspecified atom stereocenters. The van der Waals surface area contributed by atoms with E-state index in [4.69, 9.17) is 4.18 Å².